The number of hydrogen-bond acceptors (Lipinski definition) is 8. The summed E-state index contributed by atoms with van der Waals surface area (Å²) in [6.07, 6.45) is 7.33. The largest absolute Gasteiger partial charge is 0.480 e. The van der Waals surface area contributed by atoms with Crippen LogP contribution in [0.3, 0.4) is 0 Å². The number of aryl methyl sites for hydroxylation is 2. The van der Waals surface area contributed by atoms with Crippen LogP contribution in [-0.4, -0.2) is 51.6 Å². The molecular weight excluding hydrogens is 692 g/mol. The summed E-state index contributed by atoms with van der Waals surface area (Å²) in [6, 6.07) is 14.7. The molecule has 1 aliphatic carbocycles. The predicted octanol–water partition coefficient (Wildman–Crippen LogP) is 3.79. The van der Waals surface area contributed by atoms with E-state index >= 15 is 4.39 Å². The lowest BCUT2D eigenvalue weighted by Crippen LogP contribution is -2.42. The van der Waals surface area contributed by atoms with Crippen molar-refractivity contribution >= 4 is 38.5 Å². The van der Waals surface area contributed by atoms with E-state index in [0.29, 0.717) is 29.2 Å². The first-order chi connectivity index (χ1) is 24.8. The molecule has 2 aromatic heterocycles. The van der Waals surface area contributed by atoms with Gasteiger partial charge in [-0.2, -0.15) is 0 Å². The van der Waals surface area contributed by atoms with E-state index in [4.69, 9.17) is 0 Å². The normalized spacial score (nSPS) is 14.0. The fraction of sp³-hybridized carbons (Fsp3) is 0.270. The molecule has 0 radical (unpaired) electrons. The number of anilines is 1. The highest BCUT2D eigenvalue weighted by molar-refractivity contribution is 7.92. The van der Waals surface area contributed by atoms with Crippen LogP contribution < -0.4 is 26.6 Å². The summed E-state index contributed by atoms with van der Waals surface area (Å²) in [5, 5.41) is 15.9. The summed E-state index contributed by atoms with van der Waals surface area (Å²) in [5.41, 5.74) is 0.798. The van der Waals surface area contributed by atoms with Gasteiger partial charge in [0.15, 0.2) is 0 Å². The van der Waals surface area contributed by atoms with E-state index in [-0.39, 0.29) is 28.1 Å². The minimum absolute atomic E-state index is 0.0287. The average molecular weight is 729 g/mol. The van der Waals surface area contributed by atoms with Gasteiger partial charge in [-0.3, -0.25) is 23.9 Å². The van der Waals surface area contributed by atoms with Crippen LogP contribution in [0.4, 0.5) is 10.1 Å². The third kappa shape index (κ3) is 7.65. The summed E-state index contributed by atoms with van der Waals surface area (Å²) in [6.45, 7) is 2.31. The summed E-state index contributed by atoms with van der Waals surface area (Å²) >= 11 is 0. The number of fused-ring (bicyclic) bond motifs is 1. The molecule has 0 saturated heterocycles. The molecule has 0 bridgehead atoms. The van der Waals surface area contributed by atoms with Crippen LogP contribution in [0.5, 0.6) is 0 Å². The molecular formula is C37H37FN6O7S. The van der Waals surface area contributed by atoms with Crippen molar-refractivity contribution in [2.75, 3.05) is 4.72 Å². The number of carboxylic acids is 1. The fourth-order valence-corrected chi connectivity index (χ4v) is 7.74. The van der Waals surface area contributed by atoms with Gasteiger partial charge in [-0.15, -0.1) is 0 Å². The van der Waals surface area contributed by atoms with E-state index in [1.165, 1.54) is 79.3 Å². The van der Waals surface area contributed by atoms with Gasteiger partial charge in [0.2, 0.25) is 0 Å². The van der Waals surface area contributed by atoms with Crippen molar-refractivity contribution in [3.63, 3.8) is 0 Å². The van der Waals surface area contributed by atoms with Gasteiger partial charge in [0, 0.05) is 32.3 Å². The maximum Gasteiger partial charge on any atom is 0.335 e. The summed E-state index contributed by atoms with van der Waals surface area (Å²) in [5.74, 6) is -3.46. The average Bonchev–Trinajstić information content (AvgIpc) is 3.64. The maximum atomic E-state index is 15.2. The Kier molecular flexibility index (Phi) is 10.4. The molecule has 1 aliphatic rings. The summed E-state index contributed by atoms with van der Waals surface area (Å²) in [4.78, 5) is 55.2. The van der Waals surface area contributed by atoms with Gasteiger partial charge in [0.1, 0.15) is 11.9 Å². The zero-order chi connectivity index (χ0) is 37.2. The number of aliphatic carboxylic acids is 1. The zero-order valence-electron chi connectivity index (χ0n) is 28.4. The van der Waals surface area contributed by atoms with Crippen molar-refractivity contribution in [3.05, 3.63) is 128 Å². The molecule has 5 aromatic rings. The molecule has 2 heterocycles. The van der Waals surface area contributed by atoms with Crippen molar-refractivity contribution < 1.29 is 27.5 Å². The first-order valence-corrected chi connectivity index (χ1v) is 18.1. The van der Waals surface area contributed by atoms with Gasteiger partial charge in [0.25, 0.3) is 21.5 Å². The number of benzene rings is 3. The van der Waals surface area contributed by atoms with Crippen LogP contribution in [0.25, 0.3) is 16.6 Å². The van der Waals surface area contributed by atoms with Crippen molar-refractivity contribution in [1.29, 1.82) is 0 Å². The molecule has 1 fully saturated rings. The van der Waals surface area contributed by atoms with Crippen LogP contribution in [-0.2, 0) is 34.8 Å². The number of aromatic nitrogens is 3. The zero-order valence-corrected chi connectivity index (χ0v) is 29.2. The molecule has 52 heavy (non-hydrogen) atoms. The number of carbonyl (C=O) groups excluding carboxylic acids is 1. The Morgan fingerprint density at radius 1 is 1.00 bits per heavy atom. The minimum Gasteiger partial charge on any atom is -0.480 e. The second-order valence-electron chi connectivity index (χ2n) is 12.9. The van der Waals surface area contributed by atoms with E-state index in [2.05, 4.69) is 20.3 Å². The Labute approximate surface area is 298 Å². The number of amides is 1. The smallest absolute Gasteiger partial charge is 0.335 e. The molecule has 4 N–H and O–H groups in total. The lowest BCUT2D eigenvalue weighted by Gasteiger charge is -2.16. The number of halogens is 1. The van der Waals surface area contributed by atoms with Crippen molar-refractivity contribution in [2.24, 2.45) is 7.05 Å². The molecule has 6 rings (SSSR count). The molecule has 270 valence electrons. The van der Waals surface area contributed by atoms with Crippen molar-refractivity contribution in [1.82, 2.24) is 24.8 Å². The number of rotatable bonds is 12. The third-order valence-corrected chi connectivity index (χ3v) is 10.8. The highest BCUT2D eigenvalue weighted by Gasteiger charge is 2.25. The van der Waals surface area contributed by atoms with E-state index in [9.17, 15) is 32.7 Å². The Balaban J connectivity index is 1.12. The Bertz CT molecular complexity index is 2410. The highest BCUT2D eigenvalue weighted by Crippen LogP contribution is 2.24. The van der Waals surface area contributed by atoms with Gasteiger partial charge >= 0.3 is 11.7 Å². The van der Waals surface area contributed by atoms with Gasteiger partial charge in [-0.1, -0.05) is 37.1 Å². The molecule has 1 amide bonds. The quantitative estimate of drug-likeness (QED) is 0.149. The van der Waals surface area contributed by atoms with Gasteiger partial charge in [-0.25, -0.2) is 27.0 Å². The molecule has 15 heteroatoms. The number of nitrogens with one attached hydrogen (secondary N) is 3. The lowest BCUT2D eigenvalue weighted by atomic mass is 10.0. The number of hydrogen-bond donors (Lipinski definition) is 4. The number of sulfonamides is 1. The third-order valence-electron chi connectivity index (χ3n) is 9.26. The van der Waals surface area contributed by atoms with Crippen LogP contribution in [0.15, 0.2) is 93.6 Å². The molecule has 0 spiro atoms. The van der Waals surface area contributed by atoms with E-state index < -0.39 is 50.6 Å². The second kappa shape index (κ2) is 14.9. The lowest BCUT2D eigenvalue weighted by molar-refractivity contribution is -0.139. The predicted molar refractivity (Wildman–Crippen MR) is 193 cm³/mol. The van der Waals surface area contributed by atoms with Gasteiger partial charge < -0.3 is 15.7 Å². The van der Waals surface area contributed by atoms with E-state index in [1.807, 2.05) is 0 Å². The number of carbonyl (C=O) groups is 2. The molecule has 1 saturated carbocycles. The monoisotopic (exact) mass is 728 g/mol. The first kappa shape index (κ1) is 36.1. The highest BCUT2D eigenvalue weighted by atomic mass is 32.2. The summed E-state index contributed by atoms with van der Waals surface area (Å²) < 4.78 is 46.2. The van der Waals surface area contributed by atoms with Gasteiger partial charge in [-0.05, 0) is 78.9 Å². The Hall–Kier alpha value is -5.67. The first-order valence-electron chi connectivity index (χ1n) is 16.7. The number of carboxylic acid groups (broad SMARTS) is 1. The maximum absolute atomic E-state index is 15.2. The Morgan fingerprint density at radius 2 is 1.71 bits per heavy atom. The molecule has 3 aromatic carbocycles. The second-order valence-corrected chi connectivity index (χ2v) is 14.5. The van der Waals surface area contributed by atoms with Crippen LogP contribution in [0, 0.1) is 12.7 Å². The van der Waals surface area contributed by atoms with Crippen molar-refractivity contribution in [3.8, 4) is 5.69 Å². The summed E-state index contributed by atoms with van der Waals surface area (Å²) in [7, 11) is -2.58. The van der Waals surface area contributed by atoms with Crippen LogP contribution in [0.1, 0.15) is 52.7 Å². The number of nitrogens with zero attached hydrogens (tertiary/aromatic N) is 3. The van der Waals surface area contributed by atoms with Crippen LogP contribution in [0.2, 0.25) is 0 Å². The molecule has 13 nitrogen and oxygen atoms in total. The fourth-order valence-electron chi connectivity index (χ4n) is 6.46. The minimum atomic E-state index is -4.10. The molecule has 1 atom stereocenters. The topological polar surface area (TPSA) is 181 Å². The Morgan fingerprint density at radius 3 is 2.38 bits per heavy atom. The van der Waals surface area contributed by atoms with E-state index in [0.717, 1.165) is 35.1 Å². The SMILES string of the molecule is Cc1cc(CNC2CCCC2)ccc1S(=O)(=O)Nc1ccc(C(=O)N[C@@H](Cc2ccc(-n3c(=O)c4ccncc4n(C)c3=O)cc2)C(=O)O)c(F)c1. The van der Waals surface area contributed by atoms with Crippen LogP contribution >= 0.6 is 0 Å². The van der Waals surface area contributed by atoms with Gasteiger partial charge in [0.05, 0.1) is 38.9 Å². The number of pyridine rings is 1. The van der Waals surface area contributed by atoms with E-state index in [1.54, 1.807) is 19.1 Å². The molecule has 0 aliphatic heterocycles. The van der Waals surface area contributed by atoms with Crippen molar-refractivity contribution in [2.45, 2.75) is 62.6 Å². The standard InChI is InChI=1S/C37H37FN6O7S/c1-22-17-24(20-40-25-5-3-4-6-25)9-14-33(22)52(50,51)42-26-10-13-28(30(38)19-26)34(45)41-31(36(47)48)18-23-7-11-27(12-8-23)44-35(46)29-15-16-39-21-32(29)43(2)37(44)49/h7-17,19,21,25,31,40,42H,3-6,18,20H2,1-2H3,(H,41,45)(H,47,48)/t31-/m0/s1. The molecule has 0 unspecified atom stereocenters.